The second kappa shape index (κ2) is 5.97. The molecule has 1 aromatic rings. The number of carbonyl (C=O) groups excluding carboxylic acids is 1. The Morgan fingerprint density at radius 2 is 2.28 bits per heavy atom. The molecule has 1 aromatic heterocycles. The highest BCUT2D eigenvalue weighted by molar-refractivity contribution is 7.10. The number of hydrogen-bond donors (Lipinski definition) is 3. The summed E-state index contributed by atoms with van der Waals surface area (Å²) in [6.07, 6.45) is 0.441. The number of nitrogens with one attached hydrogen (secondary N) is 1. The Kier molecular flexibility index (Phi) is 4.86. The molecule has 0 aromatic carbocycles. The highest BCUT2D eigenvalue weighted by Crippen LogP contribution is 2.21. The maximum atomic E-state index is 11.8. The number of carbonyl (C=O) groups is 2. The van der Waals surface area contributed by atoms with Crippen molar-refractivity contribution in [2.45, 2.75) is 26.3 Å². The Morgan fingerprint density at radius 1 is 1.61 bits per heavy atom. The number of aliphatic carboxylic acids is 1. The second-order valence-corrected chi connectivity index (χ2v) is 5.41. The van der Waals surface area contributed by atoms with Crippen molar-refractivity contribution >= 4 is 23.2 Å². The molecule has 2 atom stereocenters. The number of amides is 1. The Morgan fingerprint density at radius 3 is 2.72 bits per heavy atom. The average Bonchev–Trinajstić information content (AvgIpc) is 2.88. The molecule has 5 nitrogen and oxygen atoms in total. The Hall–Kier alpha value is -1.40. The van der Waals surface area contributed by atoms with Crippen molar-refractivity contribution in [3.63, 3.8) is 0 Å². The van der Waals surface area contributed by atoms with E-state index in [-0.39, 0.29) is 12.5 Å². The topological polar surface area (TPSA) is 92.4 Å². The van der Waals surface area contributed by atoms with Crippen molar-refractivity contribution in [1.29, 1.82) is 0 Å². The van der Waals surface area contributed by atoms with E-state index in [1.54, 1.807) is 19.9 Å². The molecule has 0 aliphatic heterocycles. The minimum absolute atomic E-state index is 0.0801. The van der Waals surface area contributed by atoms with Crippen molar-refractivity contribution in [2.24, 2.45) is 11.1 Å². The van der Waals surface area contributed by atoms with Gasteiger partial charge in [-0.2, -0.15) is 0 Å². The zero-order chi connectivity index (χ0) is 13.8. The molecule has 0 radical (unpaired) electrons. The molecule has 2 unspecified atom stereocenters. The SMILES string of the molecule is CCC(C)(CNC(=O)C(N)c1cccs1)C(=O)O. The van der Waals surface area contributed by atoms with Crippen LogP contribution in [0.15, 0.2) is 17.5 Å². The van der Waals surface area contributed by atoms with Crippen LogP contribution in [0.25, 0.3) is 0 Å². The predicted molar refractivity (Wildman–Crippen MR) is 70.3 cm³/mol. The molecule has 4 N–H and O–H groups in total. The first-order valence-corrected chi connectivity index (χ1v) is 6.59. The van der Waals surface area contributed by atoms with Gasteiger partial charge in [0.05, 0.1) is 5.41 Å². The fourth-order valence-corrected chi connectivity index (χ4v) is 2.07. The van der Waals surface area contributed by atoms with Crippen molar-refractivity contribution in [2.75, 3.05) is 6.54 Å². The molecule has 100 valence electrons. The number of thiophene rings is 1. The number of hydrogen-bond acceptors (Lipinski definition) is 4. The van der Waals surface area contributed by atoms with Crippen LogP contribution in [0.1, 0.15) is 31.2 Å². The molecule has 0 aliphatic rings. The van der Waals surface area contributed by atoms with E-state index >= 15 is 0 Å². The predicted octanol–water partition coefficient (Wildman–Crippen LogP) is 1.36. The fourth-order valence-electron chi connectivity index (χ4n) is 1.34. The molecule has 1 heterocycles. The van der Waals surface area contributed by atoms with Crippen LogP contribution in [0.4, 0.5) is 0 Å². The number of rotatable bonds is 6. The van der Waals surface area contributed by atoms with Gasteiger partial charge >= 0.3 is 5.97 Å². The average molecular weight is 270 g/mol. The van der Waals surface area contributed by atoms with Gasteiger partial charge in [0.15, 0.2) is 0 Å². The highest BCUT2D eigenvalue weighted by atomic mass is 32.1. The van der Waals surface area contributed by atoms with Gasteiger partial charge in [0.25, 0.3) is 0 Å². The molecule has 0 bridgehead atoms. The summed E-state index contributed by atoms with van der Waals surface area (Å²) in [5.74, 6) is -1.27. The van der Waals surface area contributed by atoms with Crippen LogP contribution in [-0.2, 0) is 9.59 Å². The molecule has 0 aliphatic carbocycles. The van der Waals surface area contributed by atoms with E-state index in [1.165, 1.54) is 11.3 Å². The summed E-state index contributed by atoms with van der Waals surface area (Å²) in [4.78, 5) is 23.7. The third-order valence-corrected chi connectivity index (χ3v) is 4.04. The van der Waals surface area contributed by atoms with Gasteiger partial charge < -0.3 is 16.2 Å². The van der Waals surface area contributed by atoms with Crippen LogP contribution in [-0.4, -0.2) is 23.5 Å². The van der Waals surface area contributed by atoms with E-state index in [1.807, 2.05) is 11.4 Å². The van der Waals surface area contributed by atoms with Crippen LogP contribution in [0.2, 0.25) is 0 Å². The van der Waals surface area contributed by atoms with Gasteiger partial charge in [-0.3, -0.25) is 9.59 Å². The third-order valence-electron chi connectivity index (χ3n) is 3.08. The van der Waals surface area contributed by atoms with Crippen molar-refractivity contribution in [1.82, 2.24) is 5.32 Å². The van der Waals surface area contributed by atoms with E-state index in [0.717, 1.165) is 4.88 Å². The summed E-state index contributed by atoms with van der Waals surface area (Å²) in [6.45, 7) is 3.46. The summed E-state index contributed by atoms with van der Waals surface area (Å²) in [6, 6.07) is 2.87. The van der Waals surface area contributed by atoms with Crippen molar-refractivity contribution in [3.05, 3.63) is 22.4 Å². The Bertz CT molecular complexity index is 419. The van der Waals surface area contributed by atoms with E-state index in [4.69, 9.17) is 10.8 Å². The first kappa shape index (κ1) is 14.7. The summed E-state index contributed by atoms with van der Waals surface area (Å²) >= 11 is 1.40. The highest BCUT2D eigenvalue weighted by Gasteiger charge is 2.32. The molecule has 1 amide bonds. The lowest BCUT2D eigenvalue weighted by atomic mass is 9.87. The maximum Gasteiger partial charge on any atom is 0.311 e. The lowest BCUT2D eigenvalue weighted by Gasteiger charge is -2.24. The summed E-state index contributed by atoms with van der Waals surface area (Å²) in [5.41, 5.74) is 4.83. The first-order valence-electron chi connectivity index (χ1n) is 5.71. The number of carboxylic acids is 1. The van der Waals surface area contributed by atoms with Crippen LogP contribution < -0.4 is 11.1 Å². The molecule has 6 heteroatoms. The van der Waals surface area contributed by atoms with Gasteiger partial charge in [0, 0.05) is 11.4 Å². The van der Waals surface area contributed by atoms with Gasteiger partial charge in [0.2, 0.25) is 5.91 Å². The minimum Gasteiger partial charge on any atom is -0.481 e. The van der Waals surface area contributed by atoms with Crippen molar-refractivity contribution < 1.29 is 14.7 Å². The van der Waals surface area contributed by atoms with Crippen LogP contribution in [0.3, 0.4) is 0 Å². The summed E-state index contributed by atoms with van der Waals surface area (Å²) in [7, 11) is 0. The normalized spacial score (nSPS) is 15.7. The molecule has 18 heavy (non-hydrogen) atoms. The largest absolute Gasteiger partial charge is 0.481 e. The maximum absolute atomic E-state index is 11.8. The molecular formula is C12H18N2O3S. The van der Waals surface area contributed by atoms with Gasteiger partial charge in [-0.25, -0.2) is 0 Å². The van der Waals surface area contributed by atoms with Crippen LogP contribution >= 0.6 is 11.3 Å². The molecule has 0 saturated carbocycles. The Balaban J connectivity index is 2.58. The van der Waals surface area contributed by atoms with Gasteiger partial charge in [0.1, 0.15) is 6.04 Å². The lowest BCUT2D eigenvalue weighted by molar-refractivity contribution is -0.148. The summed E-state index contributed by atoms with van der Waals surface area (Å²) < 4.78 is 0. The van der Waals surface area contributed by atoms with Gasteiger partial charge in [-0.15, -0.1) is 11.3 Å². The molecule has 0 saturated heterocycles. The third kappa shape index (κ3) is 3.30. The zero-order valence-electron chi connectivity index (χ0n) is 10.5. The summed E-state index contributed by atoms with van der Waals surface area (Å²) in [5, 5.41) is 13.5. The van der Waals surface area contributed by atoms with Crippen molar-refractivity contribution in [3.8, 4) is 0 Å². The van der Waals surface area contributed by atoms with E-state index in [9.17, 15) is 9.59 Å². The monoisotopic (exact) mass is 270 g/mol. The number of carboxylic acid groups (broad SMARTS) is 1. The van der Waals surface area contributed by atoms with E-state index in [2.05, 4.69) is 5.32 Å². The van der Waals surface area contributed by atoms with Crippen LogP contribution in [0, 0.1) is 5.41 Å². The molecular weight excluding hydrogens is 252 g/mol. The first-order chi connectivity index (χ1) is 8.40. The van der Waals surface area contributed by atoms with E-state index < -0.39 is 17.4 Å². The molecule has 0 fully saturated rings. The second-order valence-electron chi connectivity index (χ2n) is 4.43. The van der Waals surface area contributed by atoms with Crippen LogP contribution in [0.5, 0.6) is 0 Å². The van der Waals surface area contributed by atoms with Gasteiger partial charge in [-0.05, 0) is 24.8 Å². The number of nitrogens with two attached hydrogens (primary N) is 1. The fraction of sp³-hybridized carbons (Fsp3) is 0.500. The Labute approximate surface area is 110 Å². The zero-order valence-corrected chi connectivity index (χ0v) is 11.3. The standard InChI is InChI=1S/C12H18N2O3S/c1-3-12(2,11(16)17)7-14-10(15)9(13)8-5-4-6-18-8/h4-6,9H,3,7,13H2,1-2H3,(H,14,15)(H,16,17). The van der Waals surface area contributed by atoms with Gasteiger partial charge in [-0.1, -0.05) is 13.0 Å². The molecule has 0 spiro atoms. The smallest absolute Gasteiger partial charge is 0.311 e. The minimum atomic E-state index is -0.954. The lowest BCUT2D eigenvalue weighted by Crippen LogP contribution is -2.43. The van der Waals surface area contributed by atoms with E-state index in [0.29, 0.717) is 6.42 Å². The quantitative estimate of drug-likeness (QED) is 0.728. The molecule has 1 rings (SSSR count).